The summed E-state index contributed by atoms with van der Waals surface area (Å²) in [5.41, 5.74) is 1.73. The molecule has 0 bridgehead atoms. The van der Waals surface area contributed by atoms with E-state index < -0.39 is 0 Å². The first-order valence-electron chi connectivity index (χ1n) is 8.20. The summed E-state index contributed by atoms with van der Waals surface area (Å²) in [6.45, 7) is 1.07. The molecule has 0 aliphatic carbocycles. The number of fused-ring (bicyclic) bond motifs is 1. The highest BCUT2D eigenvalue weighted by Gasteiger charge is 2.15. The van der Waals surface area contributed by atoms with E-state index >= 15 is 0 Å². The van der Waals surface area contributed by atoms with Gasteiger partial charge in [0.25, 0.3) is 0 Å². The third-order valence-corrected chi connectivity index (χ3v) is 5.63. The number of nitrogens with one attached hydrogen (secondary N) is 1. The Hall–Kier alpha value is -2.03. The molecule has 27 heavy (non-hydrogen) atoms. The van der Waals surface area contributed by atoms with Crippen LogP contribution >= 0.6 is 35.6 Å². The maximum atomic E-state index is 13.2. The molecule has 4 rings (SSSR count). The van der Waals surface area contributed by atoms with Crippen LogP contribution in [0.25, 0.3) is 5.69 Å². The minimum atomic E-state index is -0.340. The molecule has 0 amide bonds. The molecule has 1 aliphatic heterocycles. The van der Waals surface area contributed by atoms with Crippen LogP contribution in [0.2, 0.25) is 5.02 Å². The van der Waals surface area contributed by atoms with Crippen molar-refractivity contribution in [3.63, 3.8) is 0 Å². The lowest BCUT2D eigenvalue weighted by Crippen LogP contribution is -2.15. The van der Waals surface area contributed by atoms with Crippen molar-refractivity contribution < 1.29 is 13.9 Å². The van der Waals surface area contributed by atoms with Gasteiger partial charge in [0.05, 0.1) is 11.4 Å². The molecule has 140 valence electrons. The van der Waals surface area contributed by atoms with E-state index in [1.54, 1.807) is 17.8 Å². The van der Waals surface area contributed by atoms with Gasteiger partial charge >= 0.3 is 0 Å². The number of halogens is 2. The number of rotatable bonds is 5. The first-order valence-corrected chi connectivity index (χ1v) is 10.1. The molecular formula is C18H15ClFN3O2S2. The molecule has 5 nitrogen and oxygen atoms in total. The molecule has 0 saturated heterocycles. The van der Waals surface area contributed by atoms with E-state index in [4.69, 9.17) is 33.3 Å². The Labute approximate surface area is 169 Å². The van der Waals surface area contributed by atoms with E-state index in [9.17, 15) is 4.39 Å². The molecule has 3 aromatic rings. The molecule has 2 heterocycles. The maximum absolute atomic E-state index is 13.2. The topological polar surface area (TPSA) is 52.1 Å². The number of hydrogen-bond acceptors (Lipinski definition) is 5. The highest BCUT2D eigenvalue weighted by Crippen LogP contribution is 2.33. The normalized spacial score (nSPS) is 13.0. The maximum Gasteiger partial charge on any atom is 0.199 e. The highest BCUT2D eigenvalue weighted by molar-refractivity contribution is 7.97. The fraction of sp³-hybridized carbons (Fsp3) is 0.222. The summed E-state index contributed by atoms with van der Waals surface area (Å²) in [4.78, 5) is 0. The summed E-state index contributed by atoms with van der Waals surface area (Å²) in [5, 5.41) is 7.59. The summed E-state index contributed by atoms with van der Waals surface area (Å²) in [6.07, 6.45) is 0. The van der Waals surface area contributed by atoms with Crippen LogP contribution in [0.4, 0.5) is 4.39 Å². The van der Waals surface area contributed by atoms with Crippen LogP contribution in [-0.4, -0.2) is 28.0 Å². The lowest BCUT2D eigenvalue weighted by atomic mass is 10.2. The zero-order valence-corrected chi connectivity index (χ0v) is 16.5. The van der Waals surface area contributed by atoms with Crippen LogP contribution in [-0.2, 0) is 11.5 Å². The molecule has 0 unspecified atom stereocenters. The Kier molecular flexibility index (Phi) is 5.38. The smallest absolute Gasteiger partial charge is 0.199 e. The molecule has 2 aromatic carbocycles. The van der Waals surface area contributed by atoms with Crippen LogP contribution in [0.5, 0.6) is 11.5 Å². The number of ether oxygens (including phenoxy) is 2. The number of hydrogen-bond donors (Lipinski definition) is 1. The molecule has 1 N–H and O–H groups in total. The SMILES string of the molecule is Fc1ccc(CSCc2n[nH]c(=S)n2-c2ccc3c(c2)OCCO3)c(Cl)c1. The van der Waals surface area contributed by atoms with Crippen LogP contribution in [0.3, 0.4) is 0 Å². The van der Waals surface area contributed by atoms with Crippen molar-refractivity contribution in [1.82, 2.24) is 14.8 Å². The zero-order chi connectivity index (χ0) is 18.8. The number of benzene rings is 2. The lowest BCUT2D eigenvalue weighted by molar-refractivity contribution is 0.171. The van der Waals surface area contributed by atoms with Gasteiger partial charge in [-0.3, -0.25) is 9.67 Å². The van der Waals surface area contributed by atoms with Crippen LogP contribution in [0.1, 0.15) is 11.4 Å². The Morgan fingerprint density at radius 3 is 2.78 bits per heavy atom. The second kappa shape index (κ2) is 7.92. The third-order valence-electron chi connectivity index (χ3n) is 4.03. The third kappa shape index (κ3) is 3.97. The minimum Gasteiger partial charge on any atom is -0.486 e. The van der Waals surface area contributed by atoms with Gasteiger partial charge in [0.2, 0.25) is 0 Å². The van der Waals surface area contributed by atoms with Crippen molar-refractivity contribution in [2.45, 2.75) is 11.5 Å². The molecule has 0 saturated carbocycles. The second-order valence-corrected chi connectivity index (χ2v) is 7.62. The van der Waals surface area contributed by atoms with Crippen molar-refractivity contribution in [1.29, 1.82) is 0 Å². The van der Waals surface area contributed by atoms with E-state index in [0.29, 0.717) is 40.3 Å². The number of nitrogens with zero attached hydrogens (tertiary/aromatic N) is 2. The molecule has 0 atom stereocenters. The molecule has 0 radical (unpaired) electrons. The van der Waals surface area contributed by atoms with Crippen LogP contribution in [0.15, 0.2) is 36.4 Å². The molecule has 0 fully saturated rings. The Morgan fingerprint density at radius 2 is 1.96 bits per heavy atom. The Morgan fingerprint density at radius 1 is 1.15 bits per heavy atom. The predicted molar refractivity (Wildman–Crippen MR) is 106 cm³/mol. The first kappa shape index (κ1) is 18.3. The average molecular weight is 424 g/mol. The van der Waals surface area contributed by atoms with Crippen molar-refractivity contribution in [2.75, 3.05) is 13.2 Å². The van der Waals surface area contributed by atoms with Gasteiger partial charge in [0, 0.05) is 16.8 Å². The van der Waals surface area contributed by atoms with Gasteiger partial charge in [0.1, 0.15) is 24.9 Å². The largest absolute Gasteiger partial charge is 0.486 e. The molecule has 0 spiro atoms. The summed E-state index contributed by atoms with van der Waals surface area (Å²) in [5.74, 6) is 3.10. The number of aromatic nitrogens is 3. The van der Waals surface area contributed by atoms with Gasteiger partial charge < -0.3 is 9.47 Å². The minimum absolute atomic E-state index is 0.340. The van der Waals surface area contributed by atoms with E-state index in [1.165, 1.54) is 12.1 Å². The summed E-state index contributed by atoms with van der Waals surface area (Å²) >= 11 is 13.1. The van der Waals surface area contributed by atoms with Gasteiger partial charge in [-0.1, -0.05) is 17.7 Å². The molecule has 1 aliphatic rings. The predicted octanol–water partition coefficient (Wildman–Crippen LogP) is 4.93. The van der Waals surface area contributed by atoms with E-state index in [1.807, 2.05) is 22.8 Å². The number of H-pyrrole nitrogens is 1. The summed E-state index contributed by atoms with van der Waals surface area (Å²) in [6, 6.07) is 10.1. The fourth-order valence-corrected chi connectivity index (χ4v) is 4.27. The fourth-order valence-electron chi connectivity index (χ4n) is 2.75. The molecule has 1 aromatic heterocycles. The zero-order valence-electron chi connectivity index (χ0n) is 14.1. The Bertz CT molecular complexity index is 1040. The molecular weight excluding hydrogens is 409 g/mol. The molecule has 9 heteroatoms. The highest BCUT2D eigenvalue weighted by atomic mass is 35.5. The van der Waals surface area contributed by atoms with Gasteiger partial charge in [-0.25, -0.2) is 4.39 Å². The van der Waals surface area contributed by atoms with Crippen molar-refractivity contribution in [2.24, 2.45) is 0 Å². The van der Waals surface area contributed by atoms with Crippen molar-refractivity contribution in [3.8, 4) is 17.2 Å². The quantitative estimate of drug-likeness (QED) is 0.590. The van der Waals surface area contributed by atoms with Gasteiger partial charge in [-0.05, 0) is 42.0 Å². The summed E-state index contributed by atoms with van der Waals surface area (Å²) < 4.78 is 26.7. The average Bonchev–Trinajstić information content (AvgIpc) is 3.03. The van der Waals surface area contributed by atoms with Crippen LogP contribution in [0, 0.1) is 10.6 Å². The first-order chi connectivity index (χ1) is 13.1. The van der Waals surface area contributed by atoms with E-state index in [2.05, 4.69) is 10.2 Å². The lowest BCUT2D eigenvalue weighted by Gasteiger charge is -2.19. The monoisotopic (exact) mass is 423 g/mol. The van der Waals surface area contributed by atoms with Gasteiger partial charge in [-0.15, -0.1) is 11.8 Å². The Balaban J connectivity index is 1.53. The van der Waals surface area contributed by atoms with Gasteiger partial charge in [0.15, 0.2) is 16.3 Å². The number of thioether (sulfide) groups is 1. The van der Waals surface area contributed by atoms with Crippen LogP contribution < -0.4 is 9.47 Å². The summed E-state index contributed by atoms with van der Waals surface area (Å²) in [7, 11) is 0. The van der Waals surface area contributed by atoms with Crippen molar-refractivity contribution in [3.05, 3.63) is 63.4 Å². The standard InChI is InChI=1S/C18H15ClFN3O2S2/c19-14-7-12(20)2-1-11(14)9-27-10-17-21-22-18(26)23(17)13-3-4-15-16(8-13)25-6-5-24-15/h1-4,7-8H,5-6,9-10H2,(H,22,26). The second-order valence-electron chi connectivity index (χ2n) is 5.84. The number of aromatic amines is 1. The van der Waals surface area contributed by atoms with Gasteiger partial charge in [-0.2, -0.15) is 5.10 Å². The van der Waals surface area contributed by atoms with E-state index in [-0.39, 0.29) is 5.82 Å². The van der Waals surface area contributed by atoms with Crippen molar-refractivity contribution >= 4 is 35.6 Å². The van der Waals surface area contributed by atoms with E-state index in [0.717, 1.165) is 22.8 Å².